The summed E-state index contributed by atoms with van der Waals surface area (Å²) in [7, 11) is 1.66. The Morgan fingerprint density at radius 3 is 2.75 bits per heavy atom. The molecule has 2 N–H and O–H groups in total. The SMILES string of the molecule is COc1csc(C(N)c2ccnn2-c2ccccc2)c1. The van der Waals surface area contributed by atoms with E-state index in [1.54, 1.807) is 24.6 Å². The highest BCUT2D eigenvalue weighted by Gasteiger charge is 2.17. The molecule has 0 spiro atoms. The molecule has 0 aliphatic carbocycles. The molecule has 0 aliphatic rings. The number of para-hydroxylation sites is 1. The molecule has 1 unspecified atom stereocenters. The van der Waals surface area contributed by atoms with Crippen LogP contribution >= 0.6 is 11.3 Å². The summed E-state index contributed by atoms with van der Waals surface area (Å²) < 4.78 is 7.08. The third kappa shape index (κ3) is 2.33. The lowest BCUT2D eigenvalue weighted by atomic mass is 10.2. The Morgan fingerprint density at radius 2 is 2.05 bits per heavy atom. The molecule has 102 valence electrons. The lowest BCUT2D eigenvalue weighted by Crippen LogP contribution is -2.15. The number of rotatable bonds is 4. The van der Waals surface area contributed by atoms with Crippen LogP contribution in [-0.2, 0) is 0 Å². The third-order valence-corrected chi connectivity index (χ3v) is 4.12. The molecule has 5 heteroatoms. The van der Waals surface area contributed by atoms with Gasteiger partial charge in [-0.1, -0.05) is 18.2 Å². The quantitative estimate of drug-likeness (QED) is 0.801. The molecule has 1 aromatic carbocycles. The normalized spacial score (nSPS) is 12.3. The molecule has 2 heterocycles. The van der Waals surface area contributed by atoms with Gasteiger partial charge in [0.05, 0.1) is 24.5 Å². The van der Waals surface area contributed by atoms with E-state index in [1.165, 1.54) is 0 Å². The van der Waals surface area contributed by atoms with Crippen LogP contribution in [0.25, 0.3) is 5.69 Å². The van der Waals surface area contributed by atoms with Gasteiger partial charge in [-0.25, -0.2) is 4.68 Å². The molecule has 0 fully saturated rings. The van der Waals surface area contributed by atoms with Crippen LogP contribution in [0, 0.1) is 0 Å². The molecule has 3 rings (SSSR count). The van der Waals surface area contributed by atoms with Crippen molar-refractivity contribution >= 4 is 11.3 Å². The fourth-order valence-electron chi connectivity index (χ4n) is 2.08. The van der Waals surface area contributed by atoms with E-state index < -0.39 is 0 Å². The second-order valence-corrected chi connectivity index (χ2v) is 5.31. The number of thiophene rings is 1. The van der Waals surface area contributed by atoms with Crippen LogP contribution in [0.5, 0.6) is 5.75 Å². The molecule has 1 atom stereocenters. The Labute approximate surface area is 121 Å². The predicted octanol–water partition coefficient (Wildman–Crippen LogP) is 2.99. The second-order valence-electron chi connectivity index (χ2n) is 4.37. The predicted molar refractivity (Wildman–Crippen MR) is 80.5 cm³/mol. The summed E-state index contributed by atoms with van der Waals surface area (Å²) in [6.45, 7) is 0. The number of hydrogen-bond acceptors (Lipinski definition) is 4. The minimum absolute atomic E-state index is 0.216. The smallest absolute Gasteiger partial charge is 0.129 e. The maximum Gasteiger partial charge on any atom is 0.129 e. The Kier molecular flexibility index (Phi) is 3.54. The monoisotopic (exact) mass is 285 g/mol. The highest BCUT2D eigenvalue weighted by molar-refractivity contribution is 7.10. The van der Waals surface area contributed by atoms with Crippen LogP contribution in [0.4, 0.5) is 0 Å². The molecule has 0 bridgehead atoms. The average molecular weight is 285 g/mol. The van der Waals surface area contributed by atoms with Crippen LogP contribution in [0.3, 0.4) is 0 Å². The molecule has 2 aromatic heterocycles. The van der Waals surface area contributed by atoms with Crippen molar-refractivity contribution in [1.82, 2.24) is 9.78 Å². The standard InChI is InChI=1S/C15H15N3OS/c1-19-12-9-14(20-10-12)15(16)13-7-8-17-18(13)11-5-3-2-4-6-11/h2-10,15H,16H2,1H3. The summed E-state index contributed by atoms with van der Waals surface area (Å²) in [6.07, 6.45) is 1.77. The molecular weight excluding hydrogens is 270 g/mol. The van der Waals surface area contributed by atoms with E-state index in [0.29, 0.717) is 0 Å². The molecule has 4 nitrogen and oxygen atoms in total. The van der Waals surface area contributed by atoms with Crippen molar-refractivity contribution in [2.75, 3.05) is 7.11 Å². The maximum absolute atomic E-state index is 6.36. The number of aromatic nitrogens is 2. The van der Waals surface area contributed by atoms with Gasteiger partial charge in [-0.2, -0.15) is 5.10 Å². The Morgan fingerprint density at radius 1 is 1.25 bits per heavy atom. The number of ether oxygens (including phenoxy) is 1. The fourth-order valence-corrected chi connectivity index (χ4v) is 2.95. The van der Waals surface area contributed by atoms with Gasteiger partial charge in [0.15, 0.2) is 0 Å². The number of methoxy groups -OCH3 is 1. The number of benzene rings is 1. The average Bonchev–Trinajstić information content (AvgIpc) is 3.16. The Hall–Kier alpha value is -2.11. The number of hydrogen-bond donors (Lipinski definition) is 1. The van der Waals surface area contributed by atoms with Gasteiger partial charge in [0.2, 0.25) is 0 Å². The summed E-state index contributed by atoms with van der Waals surface area (Å²) in [6, 6.07) is 13.7. The second kappa shape index (κ2) is 5.48. The van der Waals surface area contributed by atoms with E-state index in [1.807, 2.05) is 52.5 Å². The van der Waals surface area contributed by atoms with E-state index in [4.69, 9.17) is 10.5 Å². The van der Waals surface area contributed by atoms with Gasteiger partial charge in [-0.3, -0.25) is 0 Å². The summed E-state index contributed by atoms with van der Waals surface area (Å²) >= 11 is 1.59. The molecule has 20 heavy (non-hydrogen) atoms. The molecule has 0 saturated carbocycles. The summed E-state index contributed by atoms with van der Waals surface area (Å²) in [5.41, 5.74) is 8.33. The van der Waals surface area contributed by atoms with Crippen molar-refractivity contribution < 1.29 is 4.74 Å². The van der Waals surface area contributed by atoms with Crippen molar-refractivity contribution in [3.05, 3.63) is 64.6 Å². The Balaban J connectivity index is 1.97. The van der Waals surface area contributed by atoms with Crippen LogP contribution in [0.15, 0.2) is 54.0 Å². The molecule has 3 aromatic rings. The van der Waals surface area contributed by atoms with Gasteiger partial charge < -0.3 is 10.5 Å². The first kappa shape index (κ1) is 12.9. The lowest BCUT2D eigenvalue weighted by molar-refractivity contribution is 0.416. The fraction of sp³-hybridized carbons (Fsp3) is 0.133. The van der Waals surface area contributed by atoms with Gasteiger partial charge in [0.25, 0.3) is 0 Å². The van der Waals surface area contributed by atoms with Crippen molar-refractivity contribution in [2.24, 2.45) is 5.73 Å². The van der Waals surface area contributed by atoms with Crippen molar-refractivity contribution in [1.29, 1.82) is 0 Å². The summed E-state index contributed by atoms with van der Waals surface area (Å²) in [5.74, 6) is 0.839. The highest BCUT2D eigenvalue weighted by atomic mass is 32.1. The number of nitrogens with two attached hydrogens (primary N) is 1. The molecular formula is C15H15N3OS. The molecule has 0 radical (unpaired) electrons. The van der Waals surface area contributed by atoms with Crippen LogP contribution < -0.4 is 10.5 Å². The minimum atomic E-state index is -0.216. The van der Waals surface area contributed by atoms with Crippen LogP contribution in [0.2, 0.25) is 0 Å². The van der Waals surface area contributed by atoms with Gasteiger partial charge in [0.1, 0.15) is 5.75 Å². The molecule has 0 saturated heterocycles. The van der Waals surface area contributed by atoms with E-state index in [0.717, 1.165) is 22.0 Å². The van der Waals surface area contributed by atoms with E-state index >= 15 is 0 Å². The zero-order valence-electron chi connectivity index (χ0n) is 11.1. The van der Waals surface area contributed by atoms with Crippen LogP contribution in [-0.4, -0.2) is 16.9 Å². The lowest BCUT2D eigenvalue weighted by Gasteiger charge is -2.12. The van der Waals surface area contributed by atoms with E-state index in [2.05, 4.69) is 5.10 Å². The topological polar surface area (TPSA) is 53.1 Å². The summed E-state index contributed by atoms with van der Waals surface area (Å²) in [5, 5.41) is 6.33. The van der Waals surface area contributed by atoms with Gasteiger partial charge >= 0.3 is 0 Å². The van der Waals surface area contributed by atoms with Crippen molar-refractivity contribution in [3.63, 3.8) is 0 Å². The van der Waals surface area contributed by atoms with Gasteiger partial charge in [-0.05, 0) is 24.3 Å². The molecule has 0 aliphatic heterocycles. The van der Waals surface area contributed by atoms with E-state index in [-0.39, 0.29) is 6.04 Å². The largest absolute Gasteiger partial charge is 0.496 e. The van der Waals surface area contributed by atoms with Gasteiger partial charge in [-0.15, -0.1) is 11.3 Å². The number of nitrogens with zero attached hydrogens (tertiary/aromatic N) is 2. The van der Waals surface area contributed by atoms with E-state index in [9.17, 15) is 0 Å². The Bertz CT molecular complexity index is 690. The highest BCUT2D eigenvalue weighted by Crippen LogP contribution is 2.30. The molecule has 0 amide bonds. The zero-order chi connectivity index (χ0) is 13.9. The zero-order valence-corrected chi connectivity index (χ0v) is 11.9. The minimum Gasteiger partial charge on any atom is -0.496 e. The first-order valence-electron chi connectivity index (χ1n) is 6.27. The third-order valence-electron chi connectivity index (χ3n) is 3.13. The van der Waals surface area contributed by atoms with Gasteiger partial charge in [0, 0.05) is 16.5 Å². The summed E-state index contributed by atoms with van der Waals surface area (Å²) in [4.78, 5) is 1.06. The van der Waals surface area contributed by atoms with Crippen molar-refractivity contribution in [2.45, 2.75) is 6.04 Å². The maximum atomic E-state index is 6.36. The van der Waals surface area contributed by atoms with Crippen molar-refractivity contribution in [3.8, 4) is 11.4 Å². The van der Waals surface area contributed by atoms with Crippen LogP contribution in [0.1, 0.15) is 16.6 Å². The first-order chi connectivity index (χ1) is 9.79. The first-order valence-corrected chi connectivity index (χ1v) is 7.15.